The summed E-state index contributed by atoms with van der Waals surface area (Å²) >= 11 is 4.46. The Hall–Kier alpha value is -4.51. The van der Waals surface area contributed by atoms with Gasteiger partial charge in [-0.3, -0.25) is 9.59 Å². The van der Waals surface area contributed by atoms with E-state index >= 15 is 0 Å². The van der Waals surface area contributed by atoms with Crippen molar-refractivity contribution in [1.82, 2.24) is 9.62 Å². The summed E-state index contributed by atoms with van der Waals surface area (Å²) in [7, 11) is -1.76. The van der Waals surface area contributed by atoms with Gasteiger partial charge < -0.3 is 15.2 Å². The van der Waals surface area contributed by atoms with Gasteiger partial charge in [0.05, 0.1) is 0 Å². The van der Waals surface area contributed by atoms with Crippen molar-refractivity contribution < 1.29 is 28.0 Å². The molecular weight excluding hydrogens is 600 g/mol. The van der Waals surface area contributed by atoms with Crippen LogP contribution in [0.15, 0.2) is 114 Å². The molecule has 3 atom stereocenters. The van der Waals surface area contributed by atoms with Gasteiger partial charge in [0, 0.05) is 11.1 Å². The minimum Gasteiger partial charge on any atom is -0.489 e. The molecule has 1 aliphatic rings. The third kappa shape index (κ3) is 7.71. The number of ketones is 1. The van der Waals surface area contributed by atoms with Crippen LogP contribution in [-0.2, 0) is 28.8 Å². The highest BCUT2D eigenvalue weighted by molar-refractivity contribution is 7.89. The summed E-state index contributed by atoms with van der Waals surface area (Å²) in [6, 6.07) is 28.4. The van der Waals surface area contributed by atoms with Crippen LogP contribution in [0.4, 0.5) is 4.39 Å². The van der Waals surface area contributed by atoms with E-state index in [0.717, 1.165) is 16.7 Å². The van der Waals surface area contributed by atoms with Crippen LogP contribution in [0.3, 0.4) is 0 Å². The SMILES string of the molecule is O=C(/C=C/c1ccc(/C=C2/N[C@H](S)N(C(Cc3ccccc3)C(=O)O)S2=O)cc1)c1ccc(OCc2ccccc2F)cc1. The molecule has 0 spiro atoms. The van der Waals surface area contributed by atoms with Gasteiger partial charge in [0.2, 0.25) is 0 Å². The number of allylic oxidation sites excluding steroid dienone is 1. The van der Waals surface area contributed by atoms with Crippen molar-refractivity contribution in [3.63, 3.8) is 0 Å². The van der Waals surface area contributed by atoms with Crippen LogP contribution in [0, 0.1) is 5.82 Å². The zero-order valence-electron chi connectivity index (χ0n) is 23.4. The Morgan fingerprint density at radius 3 is 2.30 bits per heavy atom. The molecule has 0 saturated carbocycles. The van der Waals surface area contributed by atoms with Gasteiger partial charge in [0.15, 0.2) is 5.78 Å². The van der Waals surface area contributed by atoms with Gasteiger partial charge in [-0.1, -0.05) is 78.9 Å². The number of nitrogens with one attached hydrogen (secondary N) is 1. The van der Waals surface area contributed by atoms with Crippen LogP contribution < -0.4 is 10.1 Å². The molecule has 1 aliphatic heterocycles. The molecule has 1 saturated heterocycles. The van der Waals surface area contributed by atoms with Gasteiger partial charge in [-0.2, -0.15) is 4.31 Å². The average Bonchev–Trinajstić information content (AvgIpc) is 3.31. The number of carboxylic acid groups (broad SMARTS) is 1. The van der Waals surface area contributed by atoms with Crippen LogP contribution in [0.5, 0.6) is 5.75 Å². The van der Waals surface area contributed by atoms with Crippen molar-refractivity contribution in [3.8, 4) is 5.75 Å². The number of nitrogens with zero attached hydrogens (tertiary/aromatic N) is 1. The zero-order valence-corrected chi connectivity index (χ0v) is 25.1. The summed E-state index contributed by atoms with van der Waals surface area (Å²) in [5.74, 6) is -1.08. The van der Waals surface area contributed by atoms with E-state index in [9.17, 15) is 23.3 Å². The first-order valence-electron chi connectivity index (χ1n) is 13.7. The van der Waals surface area contributed by atoms with E-state index in [1.165, 1.54) is 16.4 Å². The lowest BCUT2D eigenvalue weighted by Crippen LogP contribution is -2.45. The van der Waals surface area contributed by atoms with E-state index in [1.807, 2.05) is 54.6 Å². The molecule has 7 nitrogen and oxygen atoms in total. The monoisotopic (exact) mass is 628 g/mol. The molecule has 0 bridgehead atoms. The summed E-state index contributed by atoms with van der Waals surface area (Å²) in [5.41, 5.74) is 2.53. The molecule has 5 rings (SSSR count). The number of carboxylic acids is 1. The molecule has 4 aromatic rings. The molecular formula is C34H29FN2O5S2. The quantitative estimate of drug-likeness (QED) is 0.106. The maximum Gasteiger partial charge on any atom is 0.322 e. The fourth-order valence-electron chi connectivity index (χ4n) is 4.56. The lowest BCUT2D eigenvalue weighted by atomic mass is 10.1. The Morgan fingerprint density at radius 2 is 1.61 bits per heavy atom. The summed E-state index contributed by atoms with van der Waals surface area (Å²) in [6.07, 6.45) is 5.04. The maximum atomic E-state index is 13.8. The predicted molar refractivity (Wildman–Crippen MR) is 172 cm³/mol. The first kappa shape index (κ1) is 30.9. The first-order valence-corrected chi connectivity index (χ1v) is 15.3. The summed E-state index contributed by atoms with van der Waals surface area (Å²) in [4.78, 5) is 24.8. The number of carbonyl (C=O) groups excluding carboxylic acids is 1. The minimum absolute atomic E-state index is 0.0864. The molecule has 0 amide bonds. The van der Waals surface area contributed by atoms with E-state index in [-0.39, 0.29) is 24.6 Å². The third-order valence-corrected chi connectivity index (χ3v) is 8.90. The number of hydrogen-bond acceptors (Lipinski definition) is 6. The van der Waals surface area contributed by atoms with E-state index < -0.39 is 28.5 Å². The average molecular weight is 629 g/mol. The molecule has 1 fully saturated rings. The number of ether oxygens (including phenoxy) is 1. The Labute approximate surface area is 262 Å². The molecule has 0 aromatic heterocycles. The van der Waals surface area contributed by atoms with Gasteiger partial charge in [-0.05, 0) is 65.6 Å². The standard InChI is InChI=1S/C34H29FN2O5S2/c35-29-9-5-4-8-27(29)22-42-28-17-15-26(16-18-28)31(38)19-14-23-10-12-25(13-11-23)21-32-36-34(43)37(44(32)41)30(33(39)40)20-24-6-2-1-3-7-24/h1-19,21,30,34,36,43H,20,22H2,(H,39,40)/b19-14+,32-21-/t30?,34-,44?/m0/s1. The van der Waals surface area contributed by atoms with Gasteiger partial charge in [-0.15, -0.1) is 12.6 Å². The molecule has 10 heteroatoms. The van der Waals surface area contributed by atoms with E-state index in [0.29, 0.717) is 21.9 Å². The molecule has 2 N–H and O–H groups in total. The van der Waals surface area contributed by atoms with Gasteiger partial charge in [0.1, 0.15) is 45.7 Å². The van der Waals surface area contributed by atoms with Crippen LogP contribution in [0.1, 0.15) is 32.6 Å². The molecule has 0 aliphatic carbocycles. The Morgan fingerprint density at radius 1 is 0.955 bits per heavy atom. The highest BCUT2D eigenvalue weighted by Gasteiger charge is 2.41. The molecule has 2 unspecified atom stereocenters. The van der Waals surface area contributed by atoms with Crippen LogP contribution in [0.2, 0.25) is 0 Å². The van der Waals surface area contributed by atoms with Crippen LogP contribution in [-0.4, -0.2) is 36.9 Å². The second-order valence-electron chi connectivity index (χ2n) is 9.95. The second kappa shape index (κ2) is 14.3. The van der Waals surface area contributed by atoms with Crippen molar-refractivity contribution in [1.29, 1.82) is 0 Å². The molecule has 1 heterocycles. The van der Waals surface area contributed by atoms with Crippen molar-refractivity contribution in [3.05, 3.63) is 148 Å². The Bertz CT molecular complexity index is 1710. The first-order chi connectivity index (χ1) is 21.3. The second-order valence-corrected chi connectivity index (χ2v) is 11.8. The highest BCUT2D eigenvalue weighted by Crippen LogP contribution is 2.27. The smallest absolute Gasteiger partial charge is 0.322 e. The number of aliphatic carboxylic acids is 1. The van der Waals surface area contributed by atoms with Crippen molar-refractivity contribution in [2.24, 2.45) is 0 Å². The summed E-state index contributed by atoms with van der Waals surface area (Å²) in [5, 5.41) is 13.2. The zero-order chi connectivity index (χ0) is 31.1. The van der Waals surface area contributed by atoms with E-state index in [4.69, 9.17) is 4.74 Å². The van der Waals surface area contributed by atoms with Crippen LogP contribution in [0.25, 0.3) is 12.2 Å². The maximum absolute atomic E-state index is 13.8. The van der Waals surface area contributed by atoms with E-state index in [2.05, 4.69) is 17.9 Å². The summed E-state index contributed by atoms with van der Waals surface area (Å²) < 4.78 is 34.0. The lowest BCUT2D eigenvalue weighted by molar-refractivity contribution is -0.141. The van der Waals surface area contributed by atoms with Gasteiger partial charge in [-0.25, -0.2) is 8.60 Å². The Kier molecular flexibility index (Phi) is 10.1. The lowest BCUT2D eigenvalue weighted by Gasteiger charge is -2.24. The fraction of sp³-hybridized carbons (Fsp3) is 0.118. The summed E-state index contributed by atoms with van der Waals surface area (Å²) in [6.45, 7) is 0.0864. The number of hydrogen-bond donors (Lipinski definition) is 3. The Balaban J connectivity index is 1.19. The van der Waals surface area contributed by atoms with Crippen LogP contribution >= 0.6 is 12.6 Å². The fourth-order valence-corrected chi connectivity index (χ4v) is 6.51. The molecule has 0 radical (unpaired) electrons. The number of rotatable bonds is 11. The topological polar surface area (TPSA) is 95.9 Å². The number of benzene rings is 4. The number of thiol groups is 1. The number of carbonyl (C=O) groups is 2. The van der Waals surface area contributed by atoms with Crippen molar-refractivity contribution in [2.45, 2.75) is 24.6 Å². The van der Waals surface area contributed by atoms with Crippen molar-refractivity contribution >= 4 is 47.5 Å². The normalized spacial score (nSPS) is 18.3. The number of halogens is 1. The molecule has 224 valence electrons. The van der Waals surface area contributed by atoms with Crippen molar-refractivity contribution in [2.75, 3.05) is 0 Å². The van der Waals surface area contributed by atoms with Gasteiger partial charge >= 0.3 is 5.97 Å². The highest BCUT2D eigenvalue weighted by atomic mass is 32.2. The third-order valence-electron chi connectivity index (χ3n) is 6.91. The largest absolute Gasteiger partial charge is 0.489 e. The predicted octanol–water partition coefficient (Wildman–Crippen LogP) is 6.08. The van der Waals surface area contributed by atoms with E-state index in [1.54, 1.807) is 54.6 Å². The van der Waals surface area contributed by atoms with Gasteiger partial charge in [0.25, 0.3) is 0 Å². The molecule has 44 heavy (non-hydrogen) atoms. The minimum atomic E-state index is -1.76. The molecule has 4 aromatic carbocycles.